The second kappa shape index (κ2) is 8.26. The molecule has 0 aliphatic carbocycles. The van der Waals surface area contributed by atoms with Gasteiger partial charge in [-0.3, -0.25) is 4.90 Å². The Balaban J connectivity index is 1.59. The topological polar surface area (TPSA) is 60.6 Å². The molecule has 1 fully saturated rings. The summed E-state index contributed by atoms with van der Waals surface area (Å²) < 4.78 is 16.5. The molecule has 2 aromatic rings. The lowest BCUT2D eigenvalue weighted by Gasteiger charge is -2.31. The van der Waals surface area contributed by atoms with E-state index in [2.05, 4.69) is 22.0 Å². The van der Waals surface area contributed by atoms with E-state index in [4.69, 9.17) is 14.0 Å². The predicted octanol–water partition coefficient (Wildman–Crippen LogP) is 3.14. The Bertz CT molecular complexity index is 627. The van der Waals surface area contributed by atoms with Gasteiger partial charge in [0.05, 0.1) is 19.8 Å². The quantitative estimate of drug-likeness (QED) is 0.777. The van der Waals surface area contributed by atoms with Crippen LogP contribution < -0.4 is 4.74 Å². The van der Waals surface area contributed by atoms with E-state index in [1.807, 2.05) is 24.3 Å². The summed E-state index contributed by atoms with van der Waals surface area (Å²) in [4.78, 5) is 6.84. The number of methoxy groups -OCH3 is 1. The molecule has 0 amide bonds. The summed E-state index contributed by atoms with van der Waals surface area (Å²) in [5, 5.41) is 4.09. The lowest BCUT2D eigenvalue weighted by Crippen LogP contribution is -2.39. The zero-order valence-electron chi connectivity index (χ0n) is 14.4. The number of benzene rings is 1. The lowest BCUT2D eigenvalue weighted by molar-refractivity contribution is -0.00455. The fourth-order valence-electron chi connectivity index (χ4n) is 2.95. The van der Waals surface area contributed by atoms with Crippen molar-refractivity contribution in [1.82, 2.24) is 15.0 Å². The smallest absolute Gasteiger partial charge is 0.241 e. The standard InChI is InChI=1S/C18H25N3O3/c1-3-11-23-16-5-4-10-21(12-16)13-17-19-18(20-24-17)14-6-8-15(22-2)9-7-14/h6-9,16H,3-5,10-13H2,1-2H3/t16-/m0/s1. The maximum atomic E-state index is 5.88. The second-order valence-electron chi connectivity index (χ2n) is 6.11. The third kappa shape index (κ3) is 4.33. The molecule has 6 nitrogen and oxygen atoms in total. The Labute approximate surface area is 142 Å². The van der Waals surface area contributed by atoms with Crippen LogP contribution in [0.3, 0.4) is 0 Å². The van der Waals surface area contributed by atoms with Crippen molar-refractivity contribution < 1.29 is 14.0 Å². The zero-order chi connectivity index (χ0) is 16.8. The van der Waals surface area contributed by atoms with E-state index in [-0.39, 0.29) is 0 Å². The van der Waals surface area contributed by atoms with Crippen molar-refractivity contribution in [3.63, 3.8) is 0 Å². The molecule has 0 unspecified atom stereocenters. The molecule has 0 saturated carbocycles. The van der Waals surface area contributed by atoms with Crippen LogP contribution in [0, 0.1) is 0 Å². The van der Waals surface area contributed by atoms with Crippen LogP contribution in [0.25, 0.3) is 11.4 Å². The Morgan fingerprint density at radius 2 is 2.12 bits per heavy atom. The summed E-state index contributed by atoms with van der Waals surface area (Å²) in [7, 11) is 1.65. The maximum absolute atomic E-state index is 5.88. The predicted molar refractivity (Wildman–Crippen MR) is 90.8 cm³/mol. The normalized spacial score (nSPS) is 18.7. The molecular formula is C18H25N3O3. The average molecular weight is 331 g/mol. The van der Waals surface area contributed by atoms with Gasteiger partial charge in [0.2, 0.25) is 11.7 Å². The van der Waals surface area contributed by atoms with Crippen molar-refractivity contribution in [2.24, 2.45) is 0 Å². The molecule has 0 spiro atoms. The molecule has 0 N–H and O–H groups in total. The first-order chi connectivity index (χ1) is 11.8. The molecular weight excluding hydrogens is 306 g/mol. The van der Waals surface area contributed by atoms with Crippen molar-refractivity contribution in [3.8, 4) is 17.1 Å². The van der Waals surface area contributed by atoms with Crippen molar-refractivity contribution in [2.45, 2.75) is 38.8 Å². The van der Waals surface area contributed by atoms with E-state index in [1.54, 1.807) is 7.11 Å². The van der Waals surface area contributed by atoms with Crippen molar-refractivity contribution in [3.05, 3.63) is 30.2 Å². The van der Waals surface area contributed by atoms with Gasteiger partial charge in [-0.25, -0.2) is 0 Å². The van der Waals surface area contributed by atoms with E-state index < -0.39 is 0 Å². The molecule has 1 atom stereocenters. The van der Waals surface area contributed by atoms with Gasteiger partial charge in [-0.2, -0.15) is 4.98 Å². The molecule has 130 valence electrons. The molecule has 3 rings (SSSR count). The third-order valence-electron chi connectivity index (χ3n) is 4.20. The molecule has 1 aliphatic rings. The molecule has 0 radical (unpaired) electrons. The highest BCUT2D eigenvalue weighted by atomic mass is 16.5. The molecule has 1 saturated heterocycles. The van der Waals surface area contributed by atoms with E-state index >= 15 is 0 Å². The van der Waals surface area contributed by atoms with E-state index in [1.165, 1.54) is 0 Å². The zero-order valence-corrected chi connectivity index (χ0v) is 14.4. The maximum Gasteiger partial charge on any atom is 0.241 e. The van der Waals surface area contributed by atoms with E-state index in [0.717, 1.165) is 50.3 Å². The van der Waals surface area contributed by atoms with Crippen molar-refractivity contribution in [2.75, 3.05) is 26.8 Å². The summed E-state index contributed by atoms with van der Waals surface area (Å²) in [6, 6.07) is 7.66. The number of aromatic nitrogens is 2. The van der Waals surface area contributed by atoms with Crippen LogP contribution >= 0.6 is 0 Å². The van der Waals surface area contributed by atoms with Gasteiger partial charge in [-0.15, -0.1) is 0 Å². The number of nitrogens with zero attached hydrogens (tertiary/aromatic N) is 3. The van der Waals surface area contributed by atoms with Gasteiger partial charge in [0.25, 0.3) is 0 Å². The van der Waals surface area contributed by atoms with E-state index in [9.17, 15) is 0 Å². The molecule has 0 bridgehead atoms. The van der Waals surface area contributed by atoms with Gasteiger partial charge in [0.15, 0.2) is 0 Å². The van der Waals surface area contributed by atoms with Crippen molar-refractivity contribution in [1.29, 1.82) is 0 Å². The Morgan fingerprint density at radius 1 is 1.29 bits per heavy atom. The minimum atomic E-state index is 0.322. The second-order valence-corrected chi connectivity index (χ2v) is 6.11. The summed E-state index contributed by atoms with van der Waals surface area (Å²) in [6.45, 7) is 5.63. The van der Waals surface area contributed by atoms with Crippen LogP contribution in [0.4, 0.5) is 0 Å². The van der Waals surface area contributed by atoms with Gasteiger partial charge in [0, 0.05) is 18.7 Å². The minimum absolute atomic E-state index is 0.322. The number of rotatable bonds is 7. The van der Waals surface area contributed by atoms with Crippen molar-refractivity contribution >= 4 is 0 Å². The number of ether oxygens (including phenoxy) is 2. The molecule has 1 aliphatic heterocycles. The largest absolute Gasteiger partial charge is 0.497 e. The van der Waals surface area contributed by atoms with Crippen LogP contribution in [-0.4, -0.2) is 48.0 Å². The van der Waals surface area contributed by atoms with Crippen LogP contribution in [0.2, 0.25) is 0 Å². The molecule has 1 aromatic carbocycles. The van der Waals surface area contributed by atoms with Gasteiger partial charge in [0.1, 0.15) is 5.75 Å². The molecule has 6 heteroatoms. The number of hydrogen-bond acceptors (Lipinski definition) is 6. The van der Waals surface area contributed by atoms with Crippen LogP contribution in [0.5, 0.6) is 5.75 Å². The first-order valence-electron chi connectivity index (χ1n) is 8.59. The fraction of sp³-hybridized carbons (Fsp3) is 0.556. The van der Waals surface area contributed by atoms with Gasteiger partial charge >= 0.3 is 0 Å². The monoisotopic (exact) mass is 331 g/mol. The minimum Gasteiger partial charge on any atom is -0.497 e. The summed E-state index contributed by atoms with van der Waals surface area (Å²) >= 11 is 0. The van der Waals surface area contributed by atoms with Crippen LogP contribution in [0.1, 0.15) is 32.1 Å². The third-order valence-corrected chi connectivity index (χ3v) is 4.20. The van der Waals surface area contributed by atoms with E-state index in [0.29, 0.717) is 24.4 Å². The highest BCUT2D eigenvalue weighted by Crippen LogP contribution is 2.21. The lowest BCUT2D eigenvalue weighted by atomic mass is 10.1. The first-order valence-corrected chi connectivity index (χ1v) is 8.59. The number of likely N-dealkylation sites (tertiary alicyclic amines) is 1. The van der Waals surface area contributed by atoms with Gasteiger partial charge < -0.3 is 14.0 Å². The van der Waals surface area contributed by atoms with Crippen LogP contribution in [0.15, 0.2) is 28.8 Å². The summed E-state index contributed by atoms with van der Waals surface area (Å²) in [6.07, 6.45) is 3.67. The van der Waals surface area contributed by atoms with Crippen LogP contribution in [-0.2, 0) is 11.3 Å². The number of hydrogen-bond donors (Lipinski definition) is 0. The fourth-order valence-corrected chi connectivity index (χ4v) is 2.95. The Hall–Kier alpha value is -1.92. The Kier molecular flexibility index (Phi) is 5.82. The molecule has 2 heterocycles. The highest BCUT2D eigenvalue weighted by Gasteiger charge is 2.22. The molecule has 1 aromatic heterocycles. The summed E-state index contributed by atoms with van der Waals surface area (Å²) in [5.41, 5.74) is 0.925. The highest BCUT2D eigenvalue weighted by molar-refractivity contribution is 5.55. The van der Waals surface area contributed by atoms with Gasteiger partial charge in [-0.05, 0) is 50.1 Å². The first kappa shape index (κ1) is 16.9. The van der Waals surface area contributed by atoms with Gasteiger partial charge in [-0.1, -0.05) is 12.1 Å². The molecule has 24 heavy (non-hydrogen) atoms. The number of piperidine rings is 1. The Morgan fingerprint density at radius 3 is 2.88 bits per heavy atom. The average Bonchev–Trinajstić information content (AvgIpc) is 3.09. The SMILES string of the molecule is CCCO[C@H]1CCCN(Cc2nc(-c3ccc(OC)cc3)no2)C1. The summed E-state index contributed by atoms with van der Waals surface area (Å²) in [5.74, 6) is 2.08.